The summed E-state index contributed by atoms with van der Waals surface area (Å²) in [6.07, 6.45) is 19.7. The third kappa shape index (κ3) is 8.69. The van der Waals surface area contributed by atoms with Gasteiger partial charge < -0.3 is 11.5 Å². The summed E-state index contributed by atoms with van der Waals surface area (Å²) in [5.74, 6) is 3.03. The Bertz CT molecular complexity index is 1260. The summed E-state index contributed by atoms with van der Waals surface area (Å²) < 4.78 is 0. The molecular weight excluding hydrogens is 472 g/mol. The molecule has 0 amide bonds. The first kappa shape index (κ1) is 30.4. The smallest absolute Gasteiger partial charge is 0.0178 e. The number of hydrogen-bond donors (Lipinski definition) is 2. The first-order valence-corrected chi connectivity index (χ1v) is 14.8. The Morgan fingerprint density at radius 1 is 0.872 bits per heavy atom. The standard InChI is InChI=1S/C34H44N2.C3H4/c1-3-5-7-11-29-15-14-28(24-36)19-30(29)16-13-26-18-32-17-25(9-6-4-2)21-34(32)33(22-26)31-12-8-10-27(20-31)23-35;1-3-2/h5,7-8,10,12,14-15,18-20,22,25H,3-4,6,9,11,13,16-17,21,23-24,35-36H2,1-2H3;1H,2H3/b7-5+;. The van der Waals surface area contributed by atoms with Crippen LogP contribution in [0.4, 0.5) is 0 Å². The van der Waals surface area contributed by atoms with Gasteiger partial charge in [0, 0.05) is 13.1 Å². The minimum Gasteiger partial charge on any atom is -0.326 e. The van der Waals surface area contributed by atoms with Crippen LogP contribution in [-0.4, -0.2) is 0 Å². The third-order valence-electron chi connectivity index (χ3n) is 7.77. The lowest BCUT2D eigenvalue weighted by molar-refractivity contribution is 0.489. The summed E-state index contributed by atoms with van der Waals surface area (Å²) in [6, 6.07) is 20.6. The van der Waals surface area contributed by atoms with Crippen LogP contribution >= 0.6 is 0 Å². The van der Waals surface area contributed by atoms with Crippen molar-refractivity contribution in [3.8, 4) is 23.5 Å². The van der Waals surface area contributed by atoms with Crippen molar-refractivity contribution < 1.29 is 0 Å². The number of benzene rings is 3. The fraction of sp³-hybridized carbons (Fsp3) is 0.405. The van der Waals surface area contributed by atoms with Gasteiger partial charge in [0.05, 0.1) is 0 Å². The van der Waals surface area contributed by atoms with Gasteiger partial charge in [-0.3, -0.25) is 0 Å². The van der Waals surface area contributed by atoms with Crippen LogP contribution in [0.2, 0.25) is 0 Å². The molecule has 0 aliphatic heterocycles. The van der Waals surface area contributed by atoms with Gasteiger partial charge in [0.25, 0.3) is 0 Å². The van der Waals surface area contributed by atoms with Gasteiger partial charge in [0.15, 0.2) is 0 Å². The van der Waals surface area contributed by atoms with Crippen molar-refractivity contribution in [3.05, 3.63) is 106 Å². The largest absolute Gasteiger partial charge is 0.326 e. The van der Waals surface area contributed by atoms with Crippen molar-refractivity contribution in [2.75, 3.05) is 0 Å². The van der Waals surface area contributed by atoms with Crippen LogP contribution in [0.5, 0.6) is 0 Å². The van der Waals surface area contributed by atoms with E-state index in [1.54, 1.807) is 18.1 Å². The van der Waals surface area contributed by atoms with Crippen molar-refractivity contribution in [3.63, 3.8) is 0 Å². The lowest BCUT2D eigenvalue weighted by Crippen LogP contribution is -2.03. The van der Waals surface area contributed by atoms with Crippen molar-refractivity contribution in [2.24, 2.45) is 17.4 Å². The second-order valence-electron chi connectivity index (χ2n) is 10.8. The molecule has 0 spiro atoms. The molecule has 4 N–H and O–H groups in total. The number of fused-ring (bicyclic) bond motifs is 1. The average Bonchev–Trinajstić information content (AvgIpc) is 3.38. The molecule has 0 heterocycles. The maximum Gasteiger partial charge on any atom is 0.0178 e. The minimum atomic E-state index is 0.585. The number of allylic oxidation sites excluding steroid dienone is 2. The molecule has 0 fully saturated rings. The van der Waals surface area contributed by atoms with E-state index in [-0.39, 0.29) is 0 Å². The predicted molar refractivity (Wildman–Crippen MR) is 170 cm³/mol. The van der Waals surface area contributed by atoms with Gasteiger partial charge in [-0.2, -0.15) is 0 Å². The fourth-order valence-electron chi connectivity index (χ4n) is 5.75. The molecular formula is C37H48N2. The average molecular weight is 521 g/mol. The van der Waals surface area contributed by atoms with Gasteiger partial charge >= 0.3 is 0 Å². The van der Waals surface area contributed by atoms with Crippen LogP contribution in [0.3, 0.4) is 0 Å². The Morgan fingerprint density at radius 2 is 1.64 bits per heavy atom. The lowest BCUT2D eigenvalue weighted by Gasteiger charge is -2.15. The van der Waals surface area contributed by atoms with Crippen LogP contribution < -0.4 is 11.5 Å². The molecule has 3 aromatic carbocycles. The molecule has 1 unspecified atom stereocenters. The van der Waals surface area contributed by atoms with Gasteiger partial charge in [-0.15, -0.1) is 12.3 Å². The SMILES string of the molecule is C#CC.CC/C=C/Cc1ccc(CN)cc1CCc1cc2c(c(-c3cccc(CN)c3)c1)CC(CCCC)C2. The highest BCUT2D eigenvalue weighted by Crippen LogP contribution is 2.38. The molecule has 0 saturated heterocycles. The summed E-state index contributed by atoms with van der Waals surface area (Å²) in [7, 11) is 0. The molecule has 4 rings (SSSR count). The van der Waals surface area contributed by atoms with E-state index in [1.165, 1.54) is 71.0 Å². The van der Waals surface area contributed by atoms with Crippen molar-refractivity contribution >= 4 is 0 Å². The van der Waals surface area contributed by atoms with Crippen molar-refractivity contribution in [1.29, 1.82) is 0 Å². The Morgan fingerprint density at radius 3 is 2.36 bits per heavy atom. The number of unbranched alkanes of at least 4 members (excludes halogenated alkanes) is 1. The fourth-order valence-corrected chi connectivity index (χ4v) is 5.75. The number of terminal acetylenes is 1. The van der Waals surface area contributed by atoms with E-state index >= 15 is 0 Å². The van der Waals surface area contributed by atoms with Gasteiger partial charge in [-0.1, -0.05) is 87.4 Å². The van der Waals surface area contributed by atoms with Crippen LogP contribution in [0, 0.1) is 18.3 Å². The second-order valence-corrected chi connectivity index (χ2v) is 10.8. The number of nitrogens with two attached hydrogens (primary N) is 2. The number of hydrogen-bond acceptors (Lipinski definition) is 2. The summed E-state index contributed by atoms with van der Waals surface area (Å²) in [5.41, 5.74) is 24.6. The Labute approximate surface area is 237 Å². The van der Waals surface area contributed by atoms with Gasteiger partial charge in [0.1, 0.15) is 0 Å². The van der Waals surface area contributed by atoms with Gasteiger partial charge in [-0.05, 0) is 114 Å². The second kappa shape index (κ2) is 16.1. The van der Waals surface area contributed by atoms with Gasteiger partial charge in [0.2, 0.25) is 0 Å². The molecule has 2 heteroatoms. The predicted octanol–water partition coefficient (Wildman–Crippen LogP) is 8.11. The van der Waals surface area contributed by atoms with E-state index < -0.39 is 0 Å². The first-order valence-electron chi connectivity index (χ1n) is 14.8. The van der Waals surface area contributed by atoms with E-state index in [4.69, 9.17) is 11.5 Å². The Balaban J connectivity index is 0.00000134. The highest BCUT2D eigenvalue weighted by molar-refractivity contribution is 5.71. The van der Waals surface area contributed by atoms with Crippen molar-refractivity contribution in [1.82, 2.24) is 0 Å². The molecule has 1 atom stereocenters. The van der Waals surface area contributed by atoms with E-state index in [1.807, 2.05) is 0 Å². The van der Waals surface area contributed by atoms with Crippen LogP contribution in [0.1, 0.15) is 85.4 Å². The topological polar surface area (TPSA) is 52.0 Å². The molecule has 1 aliphatic carbocycles. The first-order chi connectivity index (χ1) is 19.1. The lowest BCUT2D eigenvalue weighted by atomic mass is 9.90. The normalized spacial score (nSPS) is 14.1. The molecule has 1 aliphatic rings. The zero-order chi connectivity index (χ0) is 28.0. The molecule has 0 aromatic heterocycles. The quantitative estimate of drug-likeness (QED) is 0.187. The van der Waals surface area contributed by atoms with E-state index in [0.29, 0.717) is 13.1 Å². The van der Waals surface area contributed by atoms with E-state index in [2.05, 4.69) is 92.9 Å². The summed E-state index contributed by atoms with van der Waals surface area (Å²) in [5, 5.41) is 0. The highest BCUT2D eigenvalue weighted by Gasteiger charge is 2.25. The summed E-state index contributed by atoms with van der Waals surface area (Å²) in [6.45, 7) is 7.32. The summed E-state index contributed by atoms with van der Waals surface area (Å²) >= 11 is 0. The molecule has 2 nitrogen and oxygen atoms in total. The molecule has 0 bridgehead atoms. The maximum atomic E-state index is 6.00. The molecule has 206 valence electrons. The van der Waals surface area contributed by atoms with Crippen LogP contribution in [0.15, 0.2) is 66.7 Å². The number of aryl methyl sites for hydroxylation is 2. The highest BCUT2D eigenvalue weighted by atomic mass is 14.5. The van der Waals surface area contributed by atoms with E-state index in [9.17, 15) is 0 Å². The number of rotatable bonds is 12. The monoisotopic (exact) mass is 520 g/mol. The maximum absolute atomic E-state index is 6.00. The molecule has 0 radical (unpaired) electrons. The minimum absolute atomic E-state index is 0.585. The molecule has 0 saturated carbocycles. The summed E-state index contributed by atoms with van der Waals surface area (Å²) in [4.78, 5) is 0. The van der Waals surface area contributed by atoms with Gasteiger partial charge in [-0.25, -0.2) is 0 Å². The zero-order valence-corrected chi connectivity index (χ0v) is 24.4. The third-order valence-corrected chi connectivity index (χ3v) is 7.77. The van der Waals surface area contributed by atoms with Crippen LogP contribution in [-0.2, 0) is 45.2 Å². The molecule has 3 aromatic rings. The zero-order valence-electron chi connectivity index (χ0n) is 24.4. The van der Waals surface area contributed by atoms with E-state index in [0.717, 1.165) is 31.6 Å². The Hall–Kier alpha value is -3.12. The Kier molecular flexibility index (Phi) is 12.6. The molecule has 39 heavy (non-hydrogen) atoms. The van der Waals surface area contributed by atoms with Crippen molar-refractivity contribution in [2.45, 2.75) is 91.6 Å². The van der Waals surface area contributed by atoms with Crippen LogP contribution in [0.25, 0.3) is 11.1 Å².